The molecule has 0 unspecified atom stereocenters. The van der Waals surface area contributed by atoms with E-state index in [2.05, 4.69) is 20.0 Å². The number of nitrogens with one attached hydrogen (secondary N) is 3. The minimum atomic E-state index is -3.25. The second-order valence-corrected chi connectivity index (χ2v) is 7.48. The molecule has 0 fully saturated rings. The Labute approximate surface area is 139 Å². The van der Waals surface area contributed by atoms with Crippen molar-refractivity contribution in [2.24, 2.45) is 0 Å². The van der Waals surface area contributed by atoms with Gasteiger partial charge in [0, 0.05) is 31.0 Å². The third-order valence-electron chi connectivity index (χ3n) is 3.12. The van der Waals surface area contributed by atoms with Crippen molar-refractivity contribution in [3.8, 4) is 0 Å². The van der Waals surface area contributed by atoms with Crippen LogP contribution < -0.4 is 10.0 Å². The molecule has 0 radical (unpaired) electrons. The molecular formula is C14H19ClN4O3S. The fourth-order valence-corrected chi connectivity index (χ4v) is 2.72. The van der Waals surface area contributed by atoms with Gasteiger partial charge in [-0.2, -0.15) is 0 Å². The van der Waals surface area contributed by atoms with Gasteiger partial charge in [0.2, 0.25) is 15.9 Å². The van der Waals surface area contributed by atoms with Crippen LogP contribution in [0.1, 0.15) is 18.7 Å². The van der Waals surface area contributed by atoms with Crippen LogP contribution in [-0.4, -0.2) is 43.6 Å². The predicted molar refractivity (Wildman–Crippen MR) is 89.9 cm³/mol. The summed E-state index contributed by atoms with van der Waals surface area (Å²) in [6.45, 7) is 0.616. The Kier molecular flexibility index (Phi) is 5.97. The minimum absolute atomic E-state index is 0.106. The summed E-state index contributed by atoms with van der Waals surface area (Å²) in [5.74, 6) is 0.660. The smallest absolute Gasteiger partial charge is 0.221 e. The van der Waals surface area contributed by atoms with Crippen molar-refractivity contribution in [1.82, 2.24) is 20.0 Å². The number of hydrogen-bond donors (Lipinski definition) is 3. The highest BCUT2D eigenvalue weighted by atomic mass is 35.5. The van der Waals surface area contributed by atoms with Gasteiger partial charge in [-0.15, -0.1) is 0 Å². The van der Waals surface area contributed by atoms with Gasteiger partial charge in [-0.05, 0) is 24.6 Å². The van der Waals surface area contributed by atoms with Crippen LogP contribution in [0.3, 0.4) is 0 Å². The van der Waals surface area contributed by atoms with Crippen LogP contribution in [-0.2, 0) is 21.2 Å². The van der Waals surface area contributed by atoms with E-state index < -0.39 is 10.0 Å². The second kappa shape index (κ2) is 7.76. The van der Waals surface area contributed by atoms with E-state index in [4.69, 9.17) is 11.6 Å². The lowest BCUT2D eigenvalue weighted by molar-refractivity contribution is -0.120. The molecule has 0 aliphatic carbocycles. The zero-order valence-electron chi connectivity index (χ0n) is 12.7. The maximum Gasteiger partial charge on any atom is 0.221 e. The molecule has 0 saturated carbocycles. The lowest BCUT2D eigenvalue weighted by atomic mass is 10.3. The van der Waals surface area contributed by atoms with E-state index in [1.807, 2.05) is 12.1 Å². The van der Waals surface area contributed by atoms with Gasteiger partial charge in [-0.1, -0.05) is 11.6 Å². The summed E-state index contributed by atoms with van der Waals surface area (Å²) >= 11 is 5.92. The molecule has 1 heterocycles. The molecule has 126 valence electrons. The highest BCUT2D eigenvalue weighted by Crippen LogP contribution is 2.17. The average Bonchev–Trinajstić information content (AvgIpc) is 2.84. The van der Waals surface area contributed by atoms with Gasteiger partial charge in [0.25, 0.3) is 0 Å². The van der Waals surface area contributed by atoms with Crippen LogP contribution in [0.2, 0.25) is 5.02 Å². The Hall–Kier alpha value is -1.64. The van der Waals surface area contributed by atoms with E-state index >= 15 is 0 Å². The van der Waals surface area contributed by atoms with Crippen molar-refractivity contribution in [2.75, 3.05) is 19.3 Å². The van der Waals surface area contributed by atoms with Gasteiger partial charge in [-0.3, -0.25) is 4.79 Å². The van der Waals surface area contributed by atoms with Gasteiger partial charge >= 0.3 is 0 Å². The number of sulfonamides is 1. The molecule has 0 saturated heterocycles. The molecule has 2 aromatic rings. The van der Waals surface area contributed by atoms with Crippen LogP contribution >= 0.6 is 11.6 Å². The summed E-state index contributed by atoms with van der Waals surface area (Å²) in [4.78, 5) is 19.2. The van der Waals surface area contributed by atoms with E-state index in [0.29, 0.717) is 18.0 Å². The number of aromatic amines is 1. The number of aryl methyl sites for hydroxylation is 1. The molecular weight excluding hydrogens is 340 g/mol. The maximum atomic E-state index is 11.5. The summed E-state index contributed by atoms with van der Waals surface area (Å²) < 4.78 is 24.0. The molecule has 3 N–H and O–H groups in total. The largest absolute Gasteiger partial charge is 0.356 e. The topological polar surface area (TPSA) is 104 Å². The first kappa shape index (κ1) is 17.7. The second-order valence-electron chi connectivity index (χ2n) is 5.21. The molecule has 7 nitrogen and oxygen atoms in total. The third kappa shape index (κ3) is 6.17. The van der Waals surface area contributed by atoms with Gasteiger partial charge in [-0.25, -0.2) is 18.1 Å². The quantitative estimate of drug-likeness (QED) is 0.617. The Morgan fingerprint density at radius 2 is 2.13 bits per heavy atom. The number of imidazole rings is 1. The summed E-state index contributed by atoms with van der Waals surface area (Å²) in [5, 5.41) is 3.40. The Morgan fingerprint density at radius 3 is 2.87 bits per heavy atom. The maximum absolute atomic E-state index is 11.5. The first-order valence-corrected chi connectivity index (χ1v) is 9.46. The van der Waals surface area contributed by atoms with Gasteiger partial charge in [0.15, 0.2) is 0 Å². The number of fused-ring (bicyclic) bond motifs is 1. The molecule has 2 rings (SSSR count). The Bertz CT molecular complexity index is 788. The van der Waals surface area contributed by atoms with Crippen molar-refractivity contribution < 1.29 is 13.2 Å². The predicted octanol–water partition coefficient (Wildman–Crippen LogP) is 1.20. The third-order valence-corrected chi connectivity index (χ3v) is 4.09. The standard InChI is InChI=1S/C14H19ClN4O3S/c1-23(21,22)17-8-6-14(20)16-7-2-3-13-18-11-5-4-10(15)9-12(11)19-13/h4-5,9,17H,2-3,6-8H2,1H3,(H,16,20)(H,18,19). The fraction of sp³-hybridized carbons (Fsp3) is 0.429. The van der Waals surface area contributed by atoms with E-state index in [1.165, 1.54) is 0 Å². The molecule has 1 amide bonds. The summed E-state index contributed by atoms with van der Waals surface area (Å²) in [6.07, 6.45) is 2.62. The summed E-state index contributed by atoms with van der Waals surface area (Å²) in [5.41, 5.74) is 1.75. The zero-order chi connectivity index (χ0) is 16.9. The van der Waals surface area contributed by atoms with Gasteiger partial charge in [0.1, 0.15) is 5.82 Å². The molecule has 1 aromatic heterocycles. The Morgan fingerprint density at radius 1 is 1.35 bits per heavy atom. The number of rotatable bonds is 8. The highest BCUT2D eigenvalue weighted by molar-refractivity contribution is 7.88. The van der Waals surface area contributed by atoms with Crippen molar-refractivity contribution in [1.29, 1.82) is 0 Å². The number of benzene rings is 1. The van der Waals surface area contributed by atoms with E-state index in [-0.39, 0.29) is 18.9 Å². The number of carbonyl (C=O) groups is 1. The minimum Gasteiger partial charge on any atom is -0.356 e. The van der Waals surface area contributed by atoms with Crippen LogP contribution in [0.5, 0.6) is 0 Å². The number of halogens is 1. The molecule has 0 aliphatic heterocycles. The van der Waals surface area contributed by atoms with E-state index in [1.54, 1.807) is 6.07 Å². The van der Waals surface area contributed by atoms with Gasteiger partial charge in [0.05, 0.1) is 17.3 Å². The molecule has 0 aliphatic rings. The molecule has 9 heteroatoms. The van der Waals surface area contributed by atoms with Crippen LogP contribution in [0, 0.1) is 0 Å². The number of H-pyrrole nitrogens is 1. The number of nitrogens with zero attached hydrogens (tertiary/aromatic N) is 1. The normalized spacial score (nSPS) is 11.7. The molecule has 23 heavy (non-hydrogen) atoms. The van der Waals surface area contributed by atoms with Crippen LogP contribution in [0.15, 0.2) is 18.2 Å². The number of amides is 1. The monoisotopic (exact) mass is 358 g/mol. The summed E-state index contributed by atoms with van der Waals surface area (Å²) in [7, 11) is -3.25. The van der Waals surface area contributed by atoms with Crippen molar-refractivity contribution in [3.05, 3.63) is 29.0 Å². The lowest BCUT2D eigenvalue weighted by Crippen LogP contribution is -2.30. The highest BCUT2D eigenvalue weighted by Gasteiger charge is 2.06. The van der Waals surface area contributed by atoms with Crippen LogP contribution in [0.4, 0.5) is 0 Å². The molecule has 1 aromatic carbocycles. The van der Waals surface area contributed by atoms with Gasteiger partial charge < -0.3 is 10.3 Å². The summed E-state index contributed by atoms with van der Waals surface area (Å²) in [6, 6.07) is 5.47. The zero-order valence-corrected chi connectivity index (χ0v) is 14.3. The Balaban J connectivity index is 1.69. The van der Waals surface area contributed by atoms with Crippen LogP contribution in [0.25, 0.3) is 11.0 Å². The molecule has 0 bridgehead atoms. The van der Waals surface area contributed by atoms with E-state index in [0.717, 1.165) is 29.5 Å². The SMILES string of the molecule is CS(=O)(=O)NCCC(=O)NCCCc1nc2ccc(Cl)cc2[nH]1. The number of carbonyl (C=O) groups excluding carboxylic acids is 1. The number of aromatic nitrogens is 2. The van der Waals surface area contributed by atoms with E-state index in [9.17, 15) is 13.2 Å². The van der Waals surface area contributed by atoms with Crippen molar-refractivity contribution >= 4 is 38.6 Å². The first-order chi connectivity index (χ1) is 10.8. The fourth-order valence-electron chi connectivity index (χ4n) is 2.08. The number of hydrogen-bond acceptors (Lipinski definition) is 4. The molecule has 0 spiro atoms. The average molecular weight is 359 g/mol. The van der Waals surface area contributed by atoms with Crippen molar-refractivity contribution in [2.45, 2.75) is 19.3 Å². The lowest BCUT2D eigenvalue weighted by Gasteiger charge is -2.05. The van der Waals surface area contributed by atoms with Crippen molar-refractivity contribution in [3.63, 3.8) is 0 Å². The molecule has 0 atom stereocenters. The first-order valence-electron chi connectivity index (χ1n) is 7.19.